The molecule has 0 aromatic heterocycles. The molecule has 0 fully saturated rings. The first kappa shape index (κ1) is 12.5. The van der Waals surface area contributed by atoms with Gasteiger partial charge < -0.3 is 10.0 Å². The summed E-state index contributed by atoms with van der Waals surface area (Å²) < 4.78 is 0. The molecule has 0 saturated heterocycles. The van der Waals surface area contributed by atoms with Gasteiger partial charge in [-0.25, -0.2) is 0 Å². The molecule has 0 aliphatic rings. The molecule has 0 aromatic carbocycles. The van der Waals surface area contributed by atoms with Crippen molar-refractivity contribution in [2.24, 2.45) is 0 Å². The summed E-state index contributed by atoms with van der Waals surface area (Å²) in [4.78, 5) is 1.98. The van der Waals surface area contributed by atoms with Crippen molar-refractivity contribution in [3.8, 4) is 0 Å². The molecule has 9 heavy (non-hydrogen) atoms. The van der Waals surface area contributed by atoms with Crippen LogP contribution in [0.3, 0.4) is 0 Å². The molecule has 1 atom stereocenters. The summed E-state index contributed by atoms with van der Waals surface area (Å²) >= 11 is 0. The predicted molar refractivity (Wildman–Crippen MR) is 34.9 cm³/mol. The van der Waals surface area contributed by atoms with Crippen molar-refractivity contribution in [3.05, 3.63) is 0 Å². The third kappa shape index (κ3) is 8.79. The van der Waals surface area contributed by atoms with Crippen molar-refractivity contribution in [2.75, 3.05) is 20.6 Å². The van der Waals surface area contributed by atoms with Gasteiger partial charge >= 0.3 is 0 Å². The van der Waals surface area contributed by atoms with Crippen LogP contribution in [0.4, 0.5) is 0 Å². The van der Waals surface area contributed by atoms with E-state index in [1.54, 1.807) is 0 Å². The quantitative estimate of drug-likeness (QED) is 0.758. The minimum Gasteiger partial charge on any atom is -0.392 e. The molecule has 0 amide bonds. The fourth-order valence-electron chi connectivity index (χ4n) is 0.551. The third-order valence-corrected chi connectivity index (χ3v) is 1.05. The molecule has 1 unspecified atom stereocenters. The maximum atomic E-state index is 8.99. The van der Waals surface area contributed by atoms with Gasteiger partial charge in [0.05, 0.1) is 6.10 Å². The first-order valence-electron chi connectivity index (χ1n) is 2.99. The number of nitrogens with zero attached hydrogens (tertiary/aromatic N) is 1. The Morgan fingerprint density at radius 3 is 2.00 bits per heavy atom. The Labute approximate surface area is 76.0 Å². The van der Waals surface area contributed by atoms with Gasteiger partial charge in [0.2, 0.25) is 0 Å². The molecule has 0 bridgehead atoms. The molecule has 1 N–H and O–H groups in total. The smallest absolute Gasteiger partial charge is 0.0664 e. The standard InChI is InChI=1S/C6H15NO.Hf/c1-4-6(8)5-7(2)3;/h6,8H,4-5H2,1-3H3;. The van der Waals surface area contributed by atoms with Crippen molar-refractivity contribution in [1.29, 1.82) is 0 Å². The molecule has 0 rings (SSSR count). The van der Waals surface area contributed by atoms with E-state index < -0.39 is 0 Å². The third-order valence-electron chi connectivity index (χ3n) is 1.05. The van der Waals surface area contributed by atoms with Crippen LogP contribution < -0.4 is 0 Å². The van der Waals surface area contributed by atoms with E-state index in [2.05, 4.69) is 0 Å². The van der Waals surface area contributed by atoms with Crippen molar-refractivity contribution in [3.63, 3.8) is 0 Å². The molecule has 0 aromatic rings. The van der Waals surface area contributed by atoms with Crippen LogP contribution in [-0.4, -0.2) is 36.8 Å². The molecule has 0 heterocycles. The zero-order valence-electron chi connectivity index (χ0n) is 6.39. The molecule has 0 radical (unpaired) electrons. The molecule has 0 aliphatic carbocycles. The number of aliphatic hydroxyl groups is 1. The van der Waals surface area contributed by atoms with Gasteiger partial charge in [0.15, 0.2) is 0 Å². The summed E-state index contributed by atoms with van der Waals surface area (Å²) in [6.45, 7) is 2.75. The topological polar surface area (TPSA) is 23.5 Å². The van der Waals surface area contributed by atoms with E-state index in [0.717, 1.165) is 13.0 Å². The molecule has 0 saturated carbocycles. The van der Waals surface area contributed by atoms with E-state index in [9.17, 15) is 0 Å². The summed E-state index contributed by atoms with van der Waals surface area (Å²) in [5, 5.41) is 8.99. The minimum atomic E-state index is -0.148. The predicted octanol–water partition coefficient (Wildman–Crippen LogP) is 0.316. The fourth-order valence-corrected chi connectivity index (χ4v) is 0.551. The van der Waals surface area contributed by atoms with Gasteiger partial charge in [-0.3, -0.25) is 0 Å². The van der Waals surface area contributed by atoms with Gasteiger partial charge in [-0.1, -0.05) is 6.92 Å². The van der Waals surface area contributed by atoms with E-state index in [1.165, 1.54) is 0 Å². The van der Waals surface area contributed by atoms with E-state index >= 15 is 0 Å². The van der Waals surface area contributed by atoms with E-state index in [0.29, 0.717) is 0 Å². The minimum absolute atomic E-state index is 0. The van der Waals surface area contributed by atoms with E-state index in [-0.39, 0.29) is 31.9 Å². The van der Waals surface area contributed by atoms with Gasteiger partial charge in [0, 0.05) is 32.4 Å². The van der Waals surface area contributed by atoms with Crippen molar-refractivity contribution in [2.45, 2.75) is 19.4 Å². The molecule has 54 valence electrons. The second-order valence-electron chi connectivity index (χ2n) is 2.32. The Kier molecular flexibility index (Phi) is 9.56. The maximum Gasteiger partial charge on any atom is 0.0664 e. The van der Waals surface area contributed by atoms with Gasteiger partial charge in [-0.05, 0) is 20.5 Å². The van der Waals surface area contributed by atoms with Crippen LogP contribution in [0, 0.1) is 0 Å². The van der Waals surface area contributed by atoms with E-state index in [4.69, 9.17) is 5.11 Å². The van der Waals surface area contributed by atoms with Crippen LogP contribution in [0.2, 0.25) is 0 Å². The summed E-state index contributed by atoms with van der Waals surface area (Å²) in [5.41, 5.74) is 0. The number of hydrogen-bond donors (Lipinski definition) is 1. The Morgan fingerprint density at radius 2 is 1.89 bits per heavy atom. The average Bonchev–Trinajstić information content (AvgIpc) is 1.65. The Bertz CT molecular complexity index is 59.0. The number of aliphatic hydroxyl groups excluding tert-OH is 1. The Hall–Kier alpha value is 0.790. The SMILES string of the molecule is CCC(O)CN(C)C.[Hf]. The second-order valence-corrected chi connectivity index (χ2v) is 2.32. The second kappa shape index (κ2) is 6.90. The van der Waals surface area contributed by atoms with Crippen LogP contribution in [0.1, 0.15) is 13.3 Å². The number of hydrogen-bond acceptors (Lipinski definition) is 2. The van der Waals surface area contributed by atoms with E-state index in [1.807, 2.05) is 25.9 Å². The van der Waals surface area contributed by atoms with Crippen LogP contribution in [0.15, 0.2) is 0 Å². The normalized spacial score (nSPS) is 13.0. The first-order chi connectivity index (χ1) is 3.66. The van der Waals surface area contributed by atoms with Gasteiger partial charge in [0.25, 0.3) is 0 Å². The van der Waals surface area contributed by atoms with Crippen LogP contribution in [0.5, 0.6) is 0 Å². The van der Waals surface area contributed by atoms with Crippen molar-refractivity contribution >= 4 is 0 Å². The Morgan fingerprint density at radius 1 is 1.44 bits per heavy atom. The number of rotatable bonds is 3. The van der Waals surface area contributed by atoms with Gasteiger partial charge in [-0.15, -0.1) is 0 Å². The van der Waals surface area contributed by atoms with Gasteiger partial charge in [-0.2, -0.15) is 0 Å². The van der Waals surface area contributed by atoms with Crippen LogP contribution >= 0.6 is 0 Å². The summed E-state index contributed by atoms with van der Waals surface area (Å²) in [5.74, 6) is 0. The fraction of sp³-hybridized carbons (Fsp3) is 1.00. The zero-order chi connectivity index (χ0) is 6.57. The summed E-state index contributed by atoms with van der Waals surface area (Å²) in [6.07, 6.45) is 0.697. The molecule has 0 aliphatic heterocycles. The first-order valence-corrected chi connectivity index (χ1v) is 2.99. The molecule has 2 nitrogen and oxygen atoms in total. The zero-order valence-corrected chi connectivity index (χ0v) is 9.98. The van der Waals surface area contributed by atoms with Crippen LogP contribution in [-0.2, 0) is 25.8 Å². The Balaban J connectivity index is 0. The maximum absolute atomic E-state index is 8.99. The van der Waals surface area contributed by atoms with Crippen molar-refractivity contribution < 1.29 is 30.9 Å². The molecular weight excluding hydrogens is 281 g/mol. The van der Waals surface area contributed by atoms with Crippen LogP contribution in [0.25, 0.3) is 0 Å². The summed E-state index contributed by atoms with van der Waals surface area (Å²) in [7, 11) is 3.91. The molecule has 3 heteroatoms. The monoisotopic (exact) mass is 297 g/mol. The average molecular weight is 296 g/mol. The number of likely N-dealkylation sites (N-methyl/N-ethyl adjacent to an activating group) is 1. The van der Waals surface area contributed by atoms with Gasteiger partial charge in [0.1, 0.15) is 0 Å². The molecule has 0 spiro atoms. The molecular formula is C6H15HfNO. The summed E-state index contributed by atoms with van der Waals surface area (Å²) in [6, 6.07) is 0. The largest absolute Gasteiger partial charge is 0.392 e. The van der Waals surface area contributed by atoms with Crippen molar-refractivity contribution in [1.82, 2.24) is 4.90 Å².